The van der Waals surface area contributed by atoms with Crippen LogP contribution in [0.25, 0.3) is 0 Å². The van der Waals surface area contributed by atoms with Crippen LogP contribution in [0.15, 0.2) is 24.3 Å². The van der Waals surface area contributed by atoms with Crippen LogP contribution >= 0.6 is 0 Å². The zero-order valence-electron chi connectivity index (χ0n) is 12.2. The van der Waals surface area contributed by atoms with E-state index in [0.29, 0.717) is 5.92 Å². The first-order valence-electron chi connectivity index (χ1n) is 7.32. The van der Waals surface area contributed by atoms with Gasteiger partial charge in [0.15, 0.2) is 0 Å². The Morgan fingerprint density at radius 1 is 1.25 bits per heavy atom. The fourth-order valence-electron chi connectivity index (χ4n) is 2.43. The summed E-state index contributed by atoms with van der Waals surface area (Å²) in [5.41, 5.74) is 1.97. The van der Waals surface area contributed by atoms with Crippen LogP contribution in [0.2, 0.25) is 0 Å². The topological polar surface area (TPSA) is 58.2 Å². The lowest BCUT2D eigenvalue weighted by Gasteiger charge is -2.08. The summed E-state index contributed by atoms with van der Waals surface area (Å²) in [6.07, 6.45) is 2.03. The molecule has 0 bridgehead atoms. The Hall–Kier alpha value is -0.910. The summed E-state index contributed by atoms with van der Waals surface area (Å²) in [5.74, 6) is 0.602. The van der Waals surface area contributed by atoms with Crippen molar-refractivity contribution in [3.8, 4) is 0 Å². The third-order valence-corrected chi connectivity index (χ3v) is 5.08. The molecule has 0 saturated heterocycles. The fraction of sp³-hybridized carbons (Fsp3) is 0.600. The highest BCUT2D eigenvalue weighted by Crippen LogP contribution is 2.33. The minimum Gasteiger partial charge on any atom is -0.313 e. The van der Waals surface area contributed by atoms with Gasteiger partial charge in [0, 0.05) is 12.6 Å². The molecule has 0 aromatic heterocycles. The Balaban J connectivity index is 1.94. The molecule has 20 heavy (non-hydrogen) atoms. The van der Waals surface area contributed by atoms with Crippen LogP contribution in [0.3, 0.4) is 0 Å². The van der Waals surface area contributed by atoms with Crippen LogP contribution in [0, 0.1) is 5.92 Å². The number of rotatable bonds is 8. The lowest BCUT2D eigenvalue weighted by Crippen LogP contribution is -2.28. The predicted molar refractivity (Wildman–Crippen MR) is 81.8 cm³/mol. The molecule has 0 heterocycles. The molecule has 2 rings (SSSR count). The smallest absolute Gasteiger partial charge is 0.216 e. The number of sulfonamides is 1. The van der Waals surface area contributed by atoms with Crippen LogP contribution in [-0.4, -0.2) is 21.0 Å². The molecule has 1 aromatic carbocycles. The highest BCUT2D eigenvalue weighted by molar-refractivity contribution is 7.88. The van der Waals surface area contributed by atoms with E-state index in [1.807, 2.05) is 24.3 Å². The maximum Gasteiger partial charge on any atom is 0.216 e. The molecule has 1 fully saturated rings. The zero-order valence-corrected chi connectivity index (χ0v) is 13.0. The predicted octanol–water partition coefficient (Wildman–Crippen LogP) is 2.01. The second kappa shape index (κ2) is 6.70. The molecule has 1 saturated carbocycles. The van der Waals surface area contributed by atoms with Crippen molar-refractivity contribution in [2.24, 2.45) is 5.92 Å². The van der Waals surface area contributed by atoms with Gasteiger partial charge in [-0.2, -0.15) is 0 Å². The van der Waals surface area contributed by atoms with Crippen molar-refractivity contribution in [2.75, 3.05) is 6.54 Å². The molecule has 4 nitrogen and oxygen atoms in total. The van der Waals surface area contributed by atoms with E-state index in [4.69, 9.17) is 0 Å². The molecule has 1 aliphatic carbocycles. The van der Waals surface area contributed by atoms with Crippen molar-refractivity contribution in [2.45, 2.75) is 45.0 Å². The lowest BCUT2D eigenvalue weighted by molar-refractivity contribution is 0.575. The van der Waals surface area contributed by atoms with E-state index >= 15 is 0 Å². The summed E-state index contributed by atoms with van der Waals surface area (Å²) in [7, 11) is -3.22. The first-order chi connectivity index (χ1) is 9.54. The molecule has 0 radical (unpaired) electrons. The van der Waals surface area contributed by atoms with Gasteiger partial charge in [0.25, 0.3) is 0 Å². The van der Waals surface area contributed by atoms with E-state index in [1.54, 1.807) is 0 Å². The van der Waals surface area contributed by atoms with E-state index in [2.05, 4.69) is 23.9 Å². The Kier molecular flexibility index (Phi) is 5.18. The summed E-state index contributed by atoms with van der Waals surface area (Å²) >= 11 is 0. The Labute approximate surface area is 122 Å². The first kappa shape index (κ1) is 15.5. The normalized spacial score (nSPS) is 21.9. The average molecular weight is 296 g/mol. The lowest BCUT2D eigenvalue weighted by atomic mass is 10.1. The van der Waals surface area contributed by atoms with E-state index in [-0.39, 0.29) is 11.8 Å². The van der Waals surface area contributed by atoms with Gasteiger partial charge in [-0.05, 0) is 30.0 Å². The van der Waals surface area contributed by atoms with Gasteiger partial charge in [-0.3, -0.25) is 0 Å². The second-order valence-corrected chi connectivity index (χ2v) is 7.24. The Morgan fingerprint density at radius 3 is 2.65 bits per heavy atom. The molecule has 5 heteroatoms. The van der Waals surface area contributed by atoms with Crippen molar-refractivity contribution < 1.29 is 8.42 Å². The van der Waals surface area contributed by atoms with Gasteiger partial charge in [0.05, 0.1) is 5.75 Å². The van der Waals surface area contributed by atoms with Gasteiger partial charge >= 0.3 is 0 Å². The van der Waals surface area contributed by atoms with E-state index in [0.717, 1.165) is 37.1 Å². The maximum atomic E-state index is 12.1. The van der Waals surface area contributed by atoms with Gasteiger partial charge < -0.3 is 5.32 Å². The highest BCUT2D eigenvalue weighted by atomic mass is 32.2. The van der Waals surface area contributed by atoms with Gasteiger partial charge in [0.2, 0.25) is 10.0 Å². The standard InChI is InChI=1S/C15H24N2O2S/c1-3-14-9-15(14)17-20(18,19)11-13-7-5-6-12(8-13)10-16-4-2/h5-8,14-17H,3-4,9-11H2,1-2H3. The van der Waals surface area contributed by atoms with Crippen molar-refractivity contribution in [1.82, 2.24) is 10.0 Å². The molecule has 2 unspecified atom stereocenters. The van der Waals surface area contributed by atoms with Crippen LogP contribution in [0.5, 0.6) is 0 Å². The van der Waals surface area contributed by atoms with Crippen molar-refractivity contribution >= 4 is 10.0 Å². The molecule has 2 atom stereocenters. The number of nitrogens with one attached hydrogen (secondary N) is 2. The fourth-order valence-corrected chi connectivity index (χ4v) is 3.89. The SMILES string of the molecule is CCNCc1cccc(CS(=O)(=O)NC2CC2CC)c1. The quantitative estimate of drug-likeness (QED) is 0.771. The zero-order chi connectivity index (χ0) is 14.6. The molecule has 1 aliphatic rings. The summed E-state index contributed by atoms with van der Waals surface area (Å²) in [5, 5.41) is 3.25. The molecule has 0 amide bonds. The third kappa shape index (κ3) is 4.58. The molecule has 1 aromatic rings. The summed E-state index contributed by atoms with van der Waals surface area (Å²) in [6.45, 7) is 5.84. The van der Waals surface area contributed by atoms with Gasteiger partial charge in [0.1, 0.15) is 0 Å². The van der Waals surface area contributed by atoms with E-state index < -0.39 is 10.0 Å². The Bertz CT molecular complexity index is 543. The third-order valence-electron chi connectivity index (χ3n) is 3.71. The number of benzene rings is 1. The van der Waals surface area contributed by atoms with E-state index in [9.17, 15) is 8.42 Å². The molecule has 2 N–H and O–H groups in total. The molecular formula is C15H24N2O2S. The van der Waals surface area contributed by atoms with Crippen LogP contribution < -0.4 is 10.0 Å². The largest absolute Gasteiger partial charge is 0.313 e. The molecule has 112 valence electrons. The molecule has 0 spiro atoms. The highest BCUT2D eigenvalue weighted by Gasteiger charge is 2.38. The molecule has 0 aliphatic heterocycles. The van der Waals surface area contributed by atoms with Crippen molar-refractivity contribution in [3.63, 3.8) is 0 Å². The van der Waals surface area contributed by atoms with Gasteiger partial charge in [-0.1, -0.05) is 44.5 Å². The summed E-state index contributed by atoms with van der Waals surface area (Å²) in [4.78, 5) is 0. The van der Waals surface area contributed by atoms with Crippen molar-refractivity contribution in [1.29, 1.82) is 0 Å². The second-order valence-electron chi connectivity index (χ2n) is 5.49. The number of hydrogen-bond acceptors (Lipinski definition) is 3. The average Bonchev–Trinajstić information content (AvgIpc) is 3.13. The summed E-state index contributed by atoms with van der Waals surface area (Å²) < 4.78 is 27.0. The van der Waals surface area contributed by atoms with Gasteiger partial charge in [-0.25, -0.2) is 13.1 Å². The minimum absolute atomic E-state index is 0.0693. The maximum absolute atomic E-state index is 12.1. The molecular weight excluding hydrogens is 272 g/mol. The van der Waals surface area contributed by atoms with Gasteiger partial charge in [-0.15, -0.1) is 0 Å². The Morgan fingerprint density at radius 2 is 2.00 bits per heavy atom. The van der Waals surface area contributed by atoms with Crippen LogP contribution in [0.1, 0.15) is 37.8 Å². The van der Waals surface area contributed by atoms with Crippen LogP contribution in [0.4, 0.5) is 0 Å². The minimum atomic E-state index is -3.22. The van der Waals surface area contributed by atoms with Crippen molar-refractivity contribution in [3.05, 3.63) is 35.4 Å². The van der Waals surface area contributed by atoms with Crippen LogP contribution in [-0.2, 0) is 22.3 Å². The summed E-state index contributed by atoms with van der Waals surface area (Å²) in [6, 6.07) is 7.93. The monoisotopic (exact) mass is 296 g/mol. The van der Waals surface area contributed by atoms with E-state index in [1.165, 1.54) is 0 Å². The first-order valence-corrected chi connectivity index (χ1v) is 8.97. The number of hydrogen-bond donors (Lipinski definition) is 2.